The summed E-state index contributed by atoms with van der Waals surface area (Å²) < 4.78 is 0.573. The van der Waals surface area contributed by atoms with E-state index in [1.165, 1.54) is 16.9 Å². The smallest absolute Gasteiger partial charge is 0.183 e. The number of hydrogen-bond donors (Lipinski definition) is 1. The number of nitrogens with zero attached hydrogens (tertiary/aromatic N) is 1. The van der Waals surface area contributed by atoms with Gasteiger partial charge in [0.05, 0.1) is 6.54 Å². The monoisotopic (exact) mass is 286 g/mol. The first-order valence-electron chi connectivity index (χ1n) is 5.31. The number of thiazole rings is 1. The summed E-state index contributed by atoms with van der Waals surface area (Å²) in [5.41, 5.74) is 2.33. The Morgan fingerprint density at radius 2 is 2.18 bits per heavy atom. The summed E-state index contributed by atoms with van der Waals surface area (Å²) in [5, 5.41) is 4.10. The van der Waals surface area contributed by atoms with Crippen LogP contribution in [-0.2, 0) is 13.0 Å². The van der Waals surface area contributed by atoms with Crippen LogP contribution in [0.1, 0.15) is 17.4 Å². The molecule has 0 radical (unpaired) electrons. The van der Waals surface area contributed by atoms with E-state index in [2.05, 4.69) is 17.2 Å². The van der Waals surface area contributed by atoms with Gasteiger partial charge in [0.15, 0.2) is 4.47 Å². The Morgan fingerprint density at radius 3 is 2.82 bits per heavy atom. The highest BCUT2D eigenvalue weighted by atomic mass is 35.5. The largest absolute Gasteiger partial charge is 0.380 e. The maximum atomic E-state index is 5.99. The predicted octanol–water partition coefficient (Wildman–Crippen LogP) is 4.62. The van der Waals surface area contributed by atoms with Crippen molar-refractivity contribution in [3.63, 3.8) is 0 Å². The lowest BCUT2D eigenvalue weighted by molar-refractivity contribution is 1.10. The van der Waals surface area contributed by atoms with E-state index < -0.39 is 0 Å². The maximum absolute atomic E-state index is 5.99. The van der Waals surface area contributed by atoms with Crippen molar-refractivity contribution in [2.24, 2.45) is 0 Å². The van der Waals surface area contributed by atoms with Crippen molar-refractivity contribution in [3.05, 3.63) is 44.3 Å². The fourth-order valence-corrected chi connectivity index (χ4v) is 2.66. The molecule has 1 heterocycles. The van der Waals surface area contributed by atoms with Gasteiger partial charge in [-0.05, 0) is 24.1 Å². The predicted molar refractivity (Wildman–Crippen MR) is 75.3 cm³/mol. The fourth-order valence-electron chi connectivity index (χ4n) is 1.57. The number of rotatable bonds is 4. The van der Waals surface area contributed by atoms with Gasteiger partial charge >= 0.3 is 0 Å². The Labute approximate surface area is 115 Å². The van der Waals surface area contributed by atoms with Crippen molar-refractivity contribution in [2.75, 3.05) is 5.32 Å². The summed E-state index contributed by atoms with van der Waals surface area (Å²) in [6, 6.07) is 5.91. The van der Waals surface area contributed by atoms with Gasteiger partial charge in [0, 0.05) is 21.8 Å². The van der Waals surface area contributed by atoms with Crippen molar-refractivity contribution >= 4 is 40.2 Å². The molecule has 1 aromatic carbocycles. The molecule has 0 spiro atoms. The molecule has 0 saturated heterocycles. The van der Waals surface area contributed by atoms with Crippen LogP contribution in [0.4, 0.5) is 5.69 Å². The molecule has 0 fully saturated rings. The molecule has 17 heavy (non-hydrogen) atoms. The first kappa shape index (κ1) is 12.7. The minimum absolute atomic E-state index is 0.573. The molecule has 0 saturated carbocycles. The van der Waals surface area contributed by atoms with Crippen LogP contribution < -0.4 is 5.32 Å². The molecule has 0 unspecified atom stereocenters. The summed E-state index contributed by atoms with van der Waals surface area (Å²) in [6.45, 7) is 2.84. The second kappa shape index (κ2) is 5.71. The first-order chi connectivity index (χ1) is 8.19. The van der Waals surface area contributed by atoms with E-state index in [-0.39, 0.29) is 0 Å². The van der Waals surface area contributed by atoms with Crippen molar-refractivity contribution in [1.82, 2.24) is 4.98 Å². The molecule has 2 rings (SSSR count). The maximum Gasteiger partial charge on any atom is 0.183 e. The number of aryl methyl sites for hydroxylation is 1. The molecule has 0 amide bonds. The molecule has 1 aromatic heterocycles. The number of nitrogens with one attached hydrogen (secondary N) is 1. The number of halogens is 2. The Bertz CT molecular complexity index is 511. The van der Waals surface area contributed by atoms with Crippen LogP contribution in [0.2, 0.25) is 9.49 Å². The van der Waals surface area contributed by atoms with Crippen molar-refractivity contribution in [1.29, 1.82) is 0 Å². The zero-order valence-corrected chi connectivity index (χ0v) is 11.7. The third kappa shape index (κ3) is 3.35. The standard InChI is InChI=1S/C12H12Cl2N2S/c1-2-8-3-4-9(13)5-11(8)15-6-10-7-16-12(14)17-10/h3-5,7,15H,2,6H2,1H3. The van der Waals surface area contributed by atoms with E-state index in [1.807, 2.05) is 18.2 Å². The van der Waals surface area contributed by atoms with Crippen LogP contribution in [0.5, 0.6) is 0 Å². The van der Waals surface area contributed by atoms with E-state index in [1.54, 1.807) is 6.20 Å². The highest BCUT2D eigenvalue weighted by Gasteiger charge is 2.03. The second-order valence-corrected chi connectivity index (χ2v) is 5.72. The Balaban J connectivity index is 2.10. The third-order valence-corrected chi connectivity index (χ3v) is 3.78. The van der Waals surface area contributed by atoms with Crippen LogP contribution >= 0.6 is 34.5 Å². The second-order valence-electron chi connectivity index (χ2n) is 3.59. The molecule has 2 aromatic rings. The van der Waals surface area contributed by atoms with Gasteiger partial charge in [0.1, 0.15) is 0 Å². The molecule has 0 bridgehead atoms. The highest BCUT2D eigenvalue weighted by Crippen LogP contribution is 2.24. The lowest BCUT2D eigenvalue weighted by Crippen LogP contribution is -2.00. The molecule has 0 aliphatic heterocycles. The average molecular weight is 287 g/mol. The molecule has 1 N–H and O–H groups in total. The van der Waals surface area contributed by atoms with Gasteiger partial charge in [-0.1, -0.05) is 36.2 Å². The van der Waals surface area contributed by atoms with E-state index in [0.29, 0.717) is 4.47 Å². The minimum Gasteiger partial charge on any atom is -0.380 e. The molecule has 0 aliphatic rings. The molecular weight excluding hydrogens is 275 g/mol. The Kier molecular flexibility index (Phi) is 4.26. The molecule has 0 aliphatic carbocycles. The highest BCUT2D eigenvalue weighted by molar-refractivity contribution is 7.15. The summed E-state index contributed by atoms with van der Waals surface area (Å²) in [7, 11) is 0. The van der Waals surface area contributed by atoms with Gasteiger partial charge in [-0.15, -0.1) is 11.3 Å². The average Bonchev–Trinajstić information content (AvgIpc) is 2.73. The first-order valence-corrected chi connectivity index (χ1v) is 6.88. The lowest BCUT2D eigenvalue weighted by Gasteiger charge is -2.10. The number of benzene rings is 1. The Morgan fingerprint density at radius 1 is 1.35 bits per heavy atom. The third-order valence-electron chi connectivity index (χ3n) is 2.43. The zero-order valence-electron chi connectivity index (χ0n) is 9.34. The molecule has 0 atom stereocenters. The summed E-state index contributed by atoms with van der Waals surface area (Å²) in [6.07, 6.45) is 2.76. The topological polar surface area (TPSA) is 24.9 Å². The molecular formula is C12H12Cl2N2S. The van der Waals surface area contributed by atoms with E-state index in [4.69, 9.17) is 23.2 Å². The molecule has 2 nitrogen and oxygen atoms in total. The SMILES string of the molecule is CCc1ccc(Cl)cc1NCc1cnc(Cl)s1. The van der Waals surface area contributed by atoms with Crippen LogP contribution in [0.25, 0.3) is 0 Å². The van der Waals surface area contributed by atoms with Gasteiger partial charge in [-0.3, -0.25) is 0 Å². The van der Waals surface area contributed by atoms with Crippen molar-refractivity contribution in [2.45, 2.75) is 19.9 Å². The van der Waals surface area contributed by atoms with Crippen LogP contribution in [0.15, 0.2) is 24.4 Å². The van der Waals surface area contributed by atoms with Crippen molar-refractivity contribution in [3.8, 4) is 0 Å². The van der Waals surface area contributed by atoms with E-state index >= 15 is 0 Å². The van der Waals surface area contributed by atoms with Crippen LogP contribution in [0.3, 0.4) is 0 Å². The van der Waals surface area contributed by atoms with E-state index in [9.17, 15) is 0 Å². The van der Waals surface area contributed by atoms with Crippen LogP contribution in [-0.4, -0.2) is 4.98 Å². The fraction of sp³-hybridized carbons (Fsp3) is 0.250. The lowest BCUT2D eigenvalue weighted by atomic mass is 10.1. The Hall–Kier alpha value is -0.770. The number of hydrogen-bond acceptors (Lipinski definition) is 3. The quantitative estimate of drug-likeness (QED) is 0.887. The zero-order chi connectivity index (χ0) is 12.3. The van der Waals surface area contributed by atoms with Crippen molar-refractivity contribution < 1.29 is 0 Å². The summed E-state index contributed by atoms with van der Waals surface area (Å²) in [4.78, 5) is 5.12. The van der Waals surface area contributed by atoms with Gasteiger partial charge in [0.25, 0.3) is 0 Å². The number of aromatic nitrogens is 1. The minimum atomic E-state index is 0.573. The molecule has 5 heteroatoms. The summed E-state index contributed by atoms with van der Waals surface area (Å²) >= 11 is 13.3. The normalized spacial score (nSPS) is 10.5. The van der Waals surface area contributed by atoms with Gasteiger partial charge in [-0.25, -0.2) is 4.98 Å². The van der Waals surface area contributed by atoms with Gasteiger partial charge < -0.3 is 5.32 Å². The van der Waals surface area contributed by atoms with Crippen LogP contribution in [0, 0.1) is 0 Å². The van der Waals surface area contributed by atoms with Gasteiger partial charge in [-0.2, -0.15) is 0 Å². The molecule has 90 valence electrons. The summed E-state index contributed by atoms with van der Waals surface area (Å²) in [5.74, 6) is 0. The van der Waals surface area contributed by atoms with Gasteiger partial charge in [0.2, 0.25) is 0 Å². The van der Waals surface area contributed by atoms with E-state index in [0.717, 1.165) is 28.6 Å². The number of anilines is 1.